The lowest BCUT2D eigenvalue weighted by Crippen LogP contribution is -2.33. The van der Waals surface area contributed by atoms with Gasteiger partial charge in [-0.3, -0.25) is 33.7 Å². The number of carboxylic acids is 1. The smallest absolute Gasteiger partial charge is 0.429 e. The van der Waals surface area contributed by atoms with E-state index in [0.717, 1.165) is 51.8 Å². The summed E-state index contributed by atoms with van der Waals surface area (Å²) in [6, 6.07) is 35.6. The third-order valence-electron chi connectivity index (χ3n) is 9.55. The minimum Gasteiger partial charge on any atom is -0.481 e. The highest BCUT2D eigenvalue weighted by molar-refractivity contribution is 8.24. The lowest BCUT2D eigenvalue weighted by Gasteiger charge is -1.95. The number of aryl methyl sites for hydroxylation is 3. The first-order chi connectivity index (χ1) is 39.8. The fourth-order valence-electron chi connectivity index (χ4n) is 5.06. The summed E-state index contributed by atoms with van der Waals surface area (Å²) in [6.07, 6.45) is 2.37. The van der Waals surface area contributed by atoms with E-state index < -0.39 is 17.1 Å². The number of nitrogens with two attached hydrogens (primary N) is 1. The first kappa shape index (κ1) is 79.4. The predicted molar refractivity (Wildman–Crippen MR) is 341 cm³/mol. The van der Waals surface area contributed by atoms with Crippen LogP contribution in [0.5, 0.6) is 0 Å². The zero-order valence-electron chi connectivity index (χ0n) is 46.0. The number of carbonyl (C=O) groups excluding carboxylic acids is 4. The number of aldehydes is 1. The largest absolute Gasteiger partial charge is 0.481 e. The molecule has 3 aromatic heterocycles. The van der Waals surface area contributed by atoms with Crippen LogP contribution in [-0.2, 0) is 30.7 Å². The zero-order chi connectivity index (χ0) is 65.0. The van der Waals surface area contributed by atoms with Crippen LogP contribution in [0, 0.1) is 27.7 Å². The second-order valence-electron chi connectivity index (χ2n) is 16.2. The van der Waals surface area contributed by atoms with E-state index in [1.165, 1.54) is 19.4 Å². The first-order valence-electron chi connectivity index (χ1n) is 23.6. The molecular weight excluding hydrogens is 1360 g/mol. The Labute approximate surface area is 545 Å². The maximum atomic E-state index is 10.5. The Morgan fingerprint density at radius 2 is 1.05 bits per heavy atom. The highest BCUT2D eigenvalue weighted by Crippen LogP contribution is 2.61. The molecule has 0 atom stereocenters. The highest BCUT2D eigenvalue weighted by Gasteiger charge is 2.25. The van der Waals surface area contributed by atoms with Crippen LogP contribution < -0.4 is 10.5 Å². The molecule has 5 N–H and O–H groups in total. The van der Waals surface area contributed by atoms with Gasteiger partial charge in [0.05, 0.1) is 45.2 Å². The zero-order valence-corrected chi connectivity index (χ0v) is 55.2. The van der Waals surface area contributed by atoms with E-state index in [0.29, 0.717) is 72.1 Å². The van der Waals surface area contributed by atoms with Crippen molar-refractivity contribution in [3.8, 4) is 34.4 Å². The maximum Gasteiger partial charge on any atom is 0.429 e. The molecule has 3 heterocycles. The molecule has 29 heteroatoms. The van der Waals surface area contributed by atoms with E-state index in [2.05, 4.69) is 48.8 Å². The van der Waals surface area contributed by atoms with Crippen molar-refractivity contribution in [2.45, 2.75) is 60.2 Å². The number of benzene rings is 5. The minimum atomic E-state index is -3.22. The van der Waals surface area contributed by atoms with Gasteiger partial charge in [0.15, 0.2) is 17.3 Å². The van der Waals surface area contributed by atoms with Crippen LogP contribution in [0.2, 0.25) is 20.1 Å². The van der Waals surface area contributed by atoms with E-state index in [1.807, 2.05) is 57.2 Å². The van der Waals surface area contributed by atoms with Gasteiger partial charge in [0.2, 0.25) is 17.7 Å². The first-order valence-corrected chi connectivity index (χ1v) is 31.7. The van der Waals surface area contributed by atoms with Crippen LogP contribution >= 0.6 is 132 Å². The molecule has 1 amide bonds. The molecule has 0 bridgehead atoms. The number of ketones is 2. The number of hydrogen-bond acceptors (Lipinski definition) is 14. The van der Waals surface area contributed by atoms with Crippen molar-refractivity contribution in [1.29, 1.82) is 0 Å². The summed E-state index contributed by atoms with van der Waals surface area (Å²) in [4.78, 5) is 58.1. The number of oxazole rings is 3. The Hall–Kier alpha value is -5.63. The number of carboxylic acid groups (broad SMARTS) is 1. The summed E-state index contributed by atoms with van der Waals surface area (Å²) >= 11 is 57.9. The van der Waals surface area contributed by atoms with Crippen molar-refractivity contribution in [2.24, 2.45) is 10.9 Å². The quantitative estimate of drug-likeness (QED) is 0.0145. The number of rotatable bonds is 10. The molecular formula is C56H56Cl11N5O12P+. The molecule has 0 aliphatic carbocycles. The number of nitrogens with zero attached hydrogens (tertiary/aromatic N) is 4. The maximum absolute atomic E-state index is 10.5. The number of primary amides is 1. The minimum absolute atomic E-state index is 0.0312. The molecule has 0 unspecified atom stereocenters. The van der Waals surface area contributed by atoms with Crippen molar-refractivity contribution >= 4 is 167 Å². The van der Waals surface area contributed by atoms with Crippen molar-refractivity contribution in [3.05, 3.63) is 193 Å². The van der Waals surface area contributed by atoms with Gasteiger partial charge in [0.1, 0.15) is 24.0 Å². The Morgan fingerprint density at radius 3 is 1.36 bits per heavy atom. The molecule has 8 aromatic rings. The lowest BCUT2D eigenvalue weighted by molar-refractivity contribution is -0.901. The average Bonchev–Trinajstić information content (AvgIpc) is 4.39. The number of halogens is 11. The Kier molecular flexibility index (Phi) is 40.2. The van der Waals surface area contributed by atoms with E-state index in [-0.39, 0.29) is 29.0 Å². The molecule has 0 saturated carbocycles. The lowest BCUT2D eigenvalue weighted by atomic mass is 10.1. The van der Waals surface area contributed by atoms with Gasteiger partial charge in [-0.15, -0.1) is 46.4 Å². The molecule has 0 aliphatic heterocycles. The Bertz CT molecular complexity index is 3360. The van der Waals surface area contributed by atoms with E-state index in [9.17, 15) is 29.0 Å². The number of aromatic nitrogens is 3. The van der Waals surface area contributed by atoms with Gasteiger partial charge in [0.25, 0.3) is 11.7 Å². The van der Waals surface area contributed by atoms with Crippen molar-refractivity contribution in [1.82, 2.24) is 9.97 Å². The Balaban J connectivity index is 0.000000964. The Morgan fingerprint density at radius 1 is 0.635 bits per heavy atom. The van der Waals surface area contributed by atoms with Gasteiger partial charge in [-0.05, 0) is 152 Å². The summed E-state index contributed by atoms with van der Waals surface area (Å²) in [5, 5.41) is 27.1. The van der Waals surface area contributed by atoms with Gasteiger partial charge in [0, 0.05) is 70.0 Å². The summed E-state index contributed by atoms with van der Waals surface area (Å²) < 4.78 is 26.8. The van der Waals surface area contributed by atoms with Gasteiger partial charge in [-0.25, -0.2) is 9.97 Å². The molecule has 0 saturated heterocycles. The fourth-order valence-corrected chi connectivity index (χ4v) is 6.22. The highest BCUT2D eigenvalue weighted by atomic mass is 36.0. The molecule has 5 aromatic carbocycles. The van der Waals surface area contributed by atoms with Crippen LogP contribution in [0.1, 0.15) is 75.7 Å². The molecule has 0 fully saturated rings. The van der Waals surface area contributed by atoms with Crippen LogP contribution in [-0.4, -0.2) is 72.7 Å². The third-order valence-corrected chi connectivity index (χ3v) is 11.7. The number of hydrogen-bond donors (Lipinski definition) is 4. The van der Waals surface area contributed by atoms with E-state index >= 15 is 0 Å². The number of amides is 1. The predicted octanol–water partition coefficient (Wildman–Crippen LogP) is 18.1. The molecule has 17 nitrogen and oxygen atoms in total. The topological polar surface area (TPSA) is 271 Å². The second-order valence-corrected chi connectivity index (χ2v) is 25.6. The van der Waals surface area contributed by atoms with Crippen LogP contribution in [0.15, 0.2) is 146 Å². The summed E-state index contributed by atoms with van der Waals surface area (Å²) in [5.74, 6) is 2.29. The molecule has 458 valence electrons. The van der Waals surface area contributed by atoms with Gasteiger partial charge in [-0.2, -0.15) is 0 Å². The summed E-state index contributed by atoms with van der Waals surface area (Å²) in [6.45, 7) is 11.4. The normalized spacial score (nSPS) is 10.0. The number of oxime groups is 1. The van der Waals surface area contributed by atoms with Crippen LogP contribution in [0.4, 0.5) is 0 Å². The molecule has 0 aliphatic rings. The van der Waals surface area contributed by atoms with Crippen molar-refractivity contribution < 1.29 is 62.0 Å². The van der Waals surface area contributed by atoms with Gasteiger partial charge >= 0.3 is 11.1 Å². The van der Waals surface area contributed by atoms with Crippen LogP contribution in [0.3, 0.4) is 0 Å². The van der Waals surface area contributed by atoms with Crippen molar-refractivity contribution in [2.75, 3.05) is 11.8 Å². The van der Waals surface area contributed by atoms with Gasteiger partial charge < -0.3 is 29.3 Å². The number of Topliss-reactive ketones (excluding diaryl/α,β-unsaturated/α-hetero) is 2. The van der Waals surface area contributed by atoms with Crippen LogP contribution in [0.25, 0.3) is 34.4 Å². The van der Waals surface area contributed by atoms with Gasteiger partial charge in [-0.1, -0.05) is 81.4 Å². The second kappa shape index (κ2) is 43.1. The molecule has 85 heavy (non-hydrogen) atoms. The third kappa shape index (κ3) is 35.6. The standard InChI is InChI=1S/C11H9Cl2NO.C11H11ClNO2.C11H10ClNO.C7H6ClNO.C7H5ClO.C4H7NO2.C3H4Cl2O.C2H4O2.Cl3OP/c1-7-10(6-12)14-11(15-7)8-2-4-9(13)5-3-8;1-7-8(2)15-11(13(7)14)9-3-5-10(12)6-4-9;1-8-2-4-9(5-3-8)11-13-10(6-12)7-14-11;8-6-3-1-5(2-4-6)7(9)10;8-7-3-1-6(5-9)2-4-7;1-3(5-7)4(2)6;4-1-3(6)2-5;1-2(3)4;1-5(2,3)4/h2-5H,6H2,1H3;3-6,14H,1-2H3;2-5,7H,6H2,1H3;1-4H,(H2,9,10);1-5H;7H,1-2H3;1-2H2;1H3,(H,3,4);/q;+1;;;;;;;. The fraction of sp³-hybridized carbons (Fsp3) is 0.196. The SMILES string of the molecule is CC(=O)C(C)=NO.CC(=O)O.Cc1ccc(-c2nc(CCl)co2)cc1.Cc1oc(-c2ccc(Cl)cc2)[n+](O)c1C.Cc1oc(-c2ccc(Cl)cc2)nc1CCl.NC(=O)c1ccc(Cl)cc1.O=C(CCl)CCl.O=Cc1ccc(Cl)cc1.O=P(Cl)(Cl)Cl. The molecule has 8 rings (SSSR count). The van der Waals surface area contributed by atoms with Crippen molar-refractivity contribution in [3.63, 3.8) is 0 Å². The summed E-state index contributed by atoms with van der Waals surface area (Å²) in [7, 11) is 0. The molecule has 0 spiro atoms. The van der Waals surface area contributed by atoms with E-state index in [4.69, 9.17) is 127 Å². The monoisotopic (exact) mass is 1410 g/mol. The number of carbonyl (C=O) groups is 5. The molecule has 0 radical (unpaired) electrons. The average molecular weight is 1410 g/mol. The number of aliphatic carboxylic acids is 1. The number of alkyl halides is 4. The summed E-state index contributed by atoms with van der Waals surface area (Å²) in [5.41, 5.74) is 12.4. The van der Waals surface area contributed by atoms with E-state index in [1.54, 1.807) is 98.1 Å².